The molecule has 2 aliphatic heterocycles. The number of carbonyl (C=O) groups excluding carboxylic acids is 1. The summed E-state index contributed by atoms with van der Waals surface area (Å²) in [4.78, 5) is 14.3. The highest BCUT2D eigenvalue weighted by molar-refractivity contribution is 7.89. The van der Waals surface area contributed by atoms with Crippen LogP contribution in [0.4, 0.5) is 4.39 Å². The molecule has 26 heavy (non-hydrogen) atoms. The van der Waals surface area contributed by atoms with Gasteiger partial charge in [-0.3, -0.25) is 4.79 Å². The lowest BCUT2D eigenvalue weighted by molar-refractivity contribution is -0.132. The van der Waals surface area contributed by atoms with E-state index in [9.17, 15) is 17.6 Å². The molecule has 144 valence electrons. The van der Waals surface area contributed by atoms with Crippen molar-refractivity contribution in [2.75, 3.05) is 39.3 Å². The average molecular weight is 383 g/mol. The molecule has 2 heterocycles. The Morgan fingerprint density at radius 2 is 1.69 bits per heavy atom. The first-order valence-corrected chi connectivity index (χ1v) is 10.6. The van der Waals surface area contributed by atoms with Gasteiger partial charge in [-0.15, -0.1) is 0 Å². The standard InChI is InChI=1S/C18H26FN3O3S/c19-16-2-4-17(5-3-16)26(24,25)22-13-11-21(12-14-22)18(23)6-1-15-7-9-20-10-8-15/h2-5,15,20H,1,6-14H2. The van der Waals surface area contributed by atoms with Crippen molar-refractivity contribution in [3.05, 3.63) is 30.1 Å². The van der Waals surface area contributed by atoms with Crippen molar-refractivity contribution in [2.45, 2.75) is 30.6 Å². The minimum Gasteiger partial charge on any atom is -0.340 e. The lowest BCUT2D eigenvalue weighted by Gasteiger charge is -2.34. The summed E-state index contributed by atoms with van der Waals surface area (Å²) in [7, 11) is -3.64. The van der Waals surface area contributed by atoms with Gasteiger partial charge < -0.3 is 10.2 Å². The van der Waals surface area contributed by atoms with E-state index in [2.05, 4.69) is 5.32 Å². The molecule has 6 nitrogen and oxygen atoms in total. The van der Waals surface area contributed by atoms with Crippen LogP contribution < -0.4 is 5.32 Å². The number of rotatable bonds is 5. The van der Waals surface area contributed by atoms with E-state index in [0.717, 1.165) is 44.5 Å². The molecule has 1 N–H and O–H groups in total. The molecule has 0 spiro atoms. The Morgan fingerprint density at radius 3 is 2.31 bits per heavy atom. The highest BCUT2D eigenvalue weighted by Crippen LogP contribution is 2.21. The fourth-order valence-electron chi connectivity index (χ4n) is 3.59. The summed E-state index contributed by atoms with van der Waals surface area (Å²) >= 11 is 0. The molecule has 1 amide bonds. The van der Waals surface area contributed by atoms with Crippen LogP contribution >= 0.6 is 0 Å². The molecule has 0 atom stereocenters. The van der Waals surface area contributed by atoms with Gasteiger partial charge in [0.05, 0.1) is 4.90 Å². The van der Waals surface area contributed by atoms with Crippen molar-refractivity contribution in [1.82, 2.24) is 14.5 Å². The molecule has 8 heteroatoms. The fraction of sp³-hybridized carbons (Fsp3) is 0.611. The zero-order valence-electron chi connectivity index (χ0n) is 14.9. The van der Waals surface area contributed by atoms with Gasteiger partial charge in [0, 0.05) is 32.6 Å². The number of hydrogen-bond acceptors (Lipinski definition) is 4. The summed E-state index contributed by atoms with van der Waals surface area (Å²) in [5.41, 5.74) is 0. The van der Waals surface area contributed by atoms with Crippen LogP contribution in [0.5, 0.6) is 0 Å². The van der Waals surface area contributed by atoms with E-state index in [0.29, 0.717) is 25.4 Å². The lowest BCUT2D eigenvalue weighted by atomic mass is 9.93. The van der Waals surface area contributed by atoms with E-state index in [1.54, 1.807) is 4.90 Å². The summed E-state index contributed by atoms with van der Waals surface area (Å²) in [5, 5.41) is 3.32. The van der Waals surface area contributed by atoms with Gasteiger partial charge in [0.2, 0.25) is 15.9 Å². The summed E-state index contributed by atoms with van der Waals surface area (Å²) < 4.78 is 39.6. The number of amides is 1. The molecule has 1 aromatic carbocycles. The Kier molecular flexibility index (Phi) is 6.26. The monoisotopic (exact) mass is 383 g/mol. The highest BCUT2D eigenvalue weighted by atomic mass is 32.2. The van der Waals surface area contributed by atoms with Gasteiger partial charge in [0.1, 0.15) is 5.82 Å². The SMILES string of the molecule is O=C(CCC1CCNCC1)N1CCN(S(=O)(=O)c2ccc(F)cc2)CC1. The van der Waals surface area contributed by atoms with Crippen molar-refractivity contribution in [2.24, 2.45) is 5.92 Å². The Labute approximate surface area is 154 Å². The Balaban J connectivity index is 1.50. The van der Waals surface area contributed by atoms with Crippen molar-refractivity contribution in [1.29, 1.82) is 0 Å². The predicted octanol–water partition coefficient (Wildman–Crippen LogP) is 1.44. The van der Waals surface area contributed by atoms with Crippen LogP contribution in [0.3, 0.4) is 0 Å². The first-order valence-electron chi connectivity index (χ1n) is 9.21. The molecule has 1 aromatic rings. The largest absolute Gasteiger partial charge is 0.340 e. The second kappa shape index (κ2) is 8.45. The number of piperidine rings is 1. The molecular weight excluding hydrogens is 357 g/mol. The maximum atomic E-state index is 13.0. The van der Waals surface area contributed by atoms with Gasteiger partial charge in [-0.2, -0.15) is 4.31 Å². The second-order valence-electron chi connectivity index (χ2n) is 6.97. The number of carbonyl (C=O) groups is 1. The number of piperazine rings is 1. The molecular formula is C18H26FN3O3S. The lowest BCUT2D eigenvalue weighted by Crippen LogP contribution is -2.50. The predicted molar refractivity (Wildman–Crippen MR) is 96.6 cm³/mol. The van der Waals surface area contributed by atoms with Crippen LogP contribution in [-0.2, 0) is 14.8 Å². The van der Waals surface area contributed by atoms with Crippen LogP contribution in [0.1, 0.15) is 25.7 Å². The van der Waals surface area contributed by atoms with Crippen molar-refractivity contribution in [3.63, 3.8) is 0 Å². The molecule has 0 bridgehead atoms. The Hall–Kier alpha value is -1.51. The van der Waals surface area contributed by atoms with E-state index in [4.69, 9.17) is 0 Å². The first-order chi connectivity index (χ1) is 12.5. The first kappa shape index (κ1) is 19.3. The molecule has 2 saturated heterocycles. The van der Waals surface area contributed by atoms with Crippen LogP contribution in [0.25, 0.3) is 0 Å². The van der Waals surface area contributed by atoms with Crippen LogP contribution in [-0.4, -0.2) is 62.8 Å². The van der Waals surface area contributed by atoms with Crippen LogP contribution in [0.2, 0.25) is 0 Å². The zero-order valence-corrected chi connectivity index (χ0v) is 15.7. The van der Waals surface area contributed by atoms with E-state index in [1.807, 2.05) is 0 Å². The van der Waals surface area contributed by atoms with E-state index < -0.39 is 15.8 Å². The molecule has 0 unspecified atom stereocenters. The maximum absolute atomic E-state index is 13.0. The minimum atomic E-state index is -3.64. The second-order valence-corrected chi connectivity index (χ2v) is 8.91. The number of nitrogens with one attached hydrogen (secondary N) is 1. The van der Waals surface area contributed by atoms with Gasteiger partial charge in [-0.25, -0.2) is 12.8 Å². The fourth-order valence-corrected chi connectivity index (χ4v) is 5.01. The third-order valence-electron chi connectivity index (χ3n) is 5.27. The topological polar surface area (TPSA) is 69.7 Å². The van der Waals surface area contributed by atoms with E-state index >= 15 is 0 Å². The van der Waals surface area contributed by atoms with Crippen molar-refractivity contribution < 1.29 is 17.6 Å². The smallest absolute Gasteiger partial charge is 0.243 e. The third kappa shape index (κ3) is 4.61. The molecule has 2 fully saturated rings. The zero-order chi connectivity index (χ0) is 18.6. The van der Waals surface area contributed by atoms with Gasteiger partial charge in [0.15, 0.2) is 0 Å². The third-order valence-corrected chi connectivity index (χ3v) is 7.18. The van der Waals surface area contributed by atoms with Gasteiger partial charge >= 0.3 is 0 Å². The van der Waals surface area contributed by atoms with Crippen molar-refractivity contribution >= 4 is 15.9 Å². The van der Waals surface area contributed by atoms with E-state index in [1.165, 1.54) is 16.4 Å². The molecule has 0 aromatic heterocycles. The van der Waals surface area contributed by atoms with E-state index in [-0.39, 0.29) is 23.9 Å². The number of benzene rings is 1. The highest BCUT2D eigenvalue weighted by Gasteiger charge is 2.30. The molecule has 0 aliphatic carbocycles. The Bertz CT molecular complexity index is 710. The van der Waals surface area contributed by atoms with Gasteiger partial charge in [0.25, 0.3) is 0 Å². The maximum Gasteiger partial charge on any atom is 0.243 e. The van der Waals surface area contributed by atoms with Crippen LogP contribution in [0.15, 0.2) is 29.2 Å². The van der Waals surface area contributed by atoms with Gasteiger partial charge in [-0.05, 0) is 62.5 Å². The van der Waals surface area contributed by atoms with Crippen molar-refractivity contribution in [3.8, 4) is 0 Å². The Morgan fingerprint density at radius 1 is 1.08 bits per heavy atom. The molecule has 3 rings (SSSR count). The number of halogens is 1. The molecule has 0 saturated carbocycles. The number of nitrogens with zero attached hydrogens (tertiary/aromatic N) is 2. The summed E-state index contributed by atoms with van der Waals surface area (Å²) in [6.07, 6.45) is 3.69. The van der Waals surface area contributed by atoms with Gasteiger partial charge in [-0.1, -0.05) is 0 Å². The molecule has 0 radical (unpaired) electrons. The van der Waals surface area contributed by atoms with Crippen LogP contribution in [0, 0.1) is 11.7 Å². The quantitative estimate of drug-likeness (QED) is 0.835. The summed E-state index contributed by atoms with van der Waals surface area (Å²) in [5.74, 6) is 0.260. The molecule has 2 aliphatic rings. The summed E-state index contributed by atoms with van der Waals surface area (Å²) in [6, 6.07) is 4.85. The normalized spacial score (nSPS) is 20.3. The average Bonchev–Trinajstić information content (AvgIpc) is 2.67. The number of hydrogen-bond donors (Lipinski definition) is 1. The minimum absolute atomic E-state index is 0.0876. The number of sulfonamides is 1. The summed E-state index contributed by atoms with van der Waals surface area (Å²) in [6.45, 7) is 3.42.